The van der Waals surface area contributed by atoms with Gasteiger partial charge in [-0.3, -0.25) is 0 Å². The molecular formula is C18H13N3OS. The molecule has 0 saturated heterocycles. The Morgan fingerprint density at radius 3 is 2.65 bits per heavy atom. The van der Waals surface area contributed by atoms with Crippen LogP contribution in [0.4, 0.5) is 0 Å². The van der Waals surface area contributed by atoms with Crippen molar-refractivity contribution < 1.29 is 4.74 Å². The number of ether oxygens (including phenoxy) is 1. The zero-order valence-electron chi connectivity index (χ0n) is 12.2. The van der Waals surface area contributed by atoms with Crippen molar-refractivity contribution >= 4 is 22.2 Å². The lowest BCUT2D eigenvalue weighted by molar-refractivity contribution is 0.294. The Labute approximate surface area is 137 Å². The second kappa shape index (κ2) is 6.14. The molecule has 0 saturated carbocycles. The van der Waals surface area contributed by atoms with E-state index in [2.05, 4.69) is 27.1 Å². The van der Waals surface area contributed by atoms with Crippen molar-refractivity contribution in [2.75, 3.05) is 0 Å². The maximum absolute atomic E-state index is 5.85. The van der Waals surface area contributed by atoms with E-state index in [0.717, 1.165) is 27.2 Å². The molecule has 5 heteroatoms. The number of rotatable bonds is 4. The Morgan fingerprint density at radius 2 is 1.74 bits per heavy atom. The normalized spacial score (nSPS) is 10.8. The fraction of sp³-hybridized carbons (Fsp3) is 0.0556. The molecule has 2 aromatic carbocycles. The molecule has 2 aromatic heterocycles. The third-order valence-corrected chi connectivity index (χ3v) is 4.38. The van der Waals surface area contributed by atoms with Crippen LogP contribution in [-0.4, -0.2) is 15.0 Å². The number of para-hydroxylation sites is 1. The molecule has 2 heterocycles. The average molecular weight is 319 g/mol. The molecule has 4 nitrogen and oxygen atoms in total. The van der Waals surface area contributed by atoms with Gasteiger partial charge in [-0.05, 0) is 12.1 Å². The zero-order valence-corrected chi connectivity index (χ0v) is 13.0. The summed E-state index contributed by atoms with van der Waals surface area (Å²) in [6.45, 7) is 0.393. The van der Waals surface area contributed by atoms with Crippen molar-refractivity contribution in [3.63, 3.8) is 0 Å². The summed E-state index contributed by atoms with van der Waals surface area (Å²) in [5.74, 6) is 0.588. The van der Waals surface area contributed by atoms with E-state index in [0.29, 0.717) is 12.5 Å². The number of aromatic nitrogens is 3. The highest BCUT2D eigenvalue weighted by molar-refractivity contribution is 7.13. The first-order valence-electron chi connectivity index (χ1n) is 7.22. The Morgan fingerprint density at radius 1 is 0.913 bits per heavy atom. The van der Waals surface area contributed by atoms with Crippen molar-refractivity contribution in [3.05, 3.63) is 72.0 Å². The van der Waals surface area contributed by atoms with Gasteiger partial charge in [0.15, 0.2) is 0 Å². The van der Waals surface area contributed by atoms with Crippen LogP contribution < -0.4 is 4.74 Å². The molecule has 0 amide bonds. The van der Waals surface area contributed by atoms with Crippen LogP contribution in [0.3, 0.4) is 0 Å². The van der Waals surface area contributed by atoms with E-state index in [9.17, 15) is 0 Å². The fourth-order valence-corrected chi connectivity index (χ4v) is 3.13. The SMILES string of the molecule is c1ccc(-c2nc(COc3ncnc4ccccc34)cs2)cc1. The second-order valence-electron chi connectivity index (χ2n) is 4.99. The second-order valence-corrected chi connectivity index (χ2v) is 5.85. The largest absolute Gasteiger partial charge is 0.471 e. The predicted octanol–water partition coefficient (Wildman–Crippen LogP) is 4.33. The number of hydrogen-bond acceptors (Lipinski definition) is 5. The Bertz CT molecular complexity index is 932. The van der Waals surface area contributed by atoms with Crippen LogP contribution in [0.5, 0.6) is 5.88 Å². The molecule has 0 spiro atoms. The van der Waals surface area contributed by atoms with Gasteiger partial charge in [-0.15, -0.1) is 11.3 Å². The first-order chi connectivity index (χ1) is 11.4. The smallest absolute Gasteiger partial charge is 0.224 e. The van der Waals surface area contributed by atoms with Crippen LogP contribution in [0.1, 0.15) is 5.69 Å². The molecule has 0 unspecified atom stereocenters. The van der Waals surface area contributed by atoms with Crippen LogP contribution in [0.2, 0.25) is 0 Å². The van der Waals surface area contributed by atoms with Gasteiger partial charge in [0.1, 0.15) is 17.9 Å². The maximum Gasteiger partial charge on any atom is 0.224 e. The van der Waals surface area contributed by atoms with E-state index in [1.165, 1.54) is 6.33 Å². The molecule has 0 radical (unpaired) electrons. The number of hydrogen-bond donors (Lipinski definition) is 0. The van der Waals surface area contributed by atoms with E-state index < -0.39 is 0 Å². The summed E-state index contributed by atoms with van der Waals surface area (Å²) in [5.41, 5.74) is 2.90. The Kier molecular flexibility index (Phi) is 3.70. The number of nitrogens with zero attached hydrogens (tertiary/aromatic N) is 3. The summed E-state index contributed by atoms with van der Waals surface area (Å²) in [6, 6.07) is 18.0. The number of thiazole rings is 1. The summed E-state index contributed by atoms with van der Waals surface area (Å²) in [6.07, 6.45) is 1.52. The summed E-state index contributed by atoms with van der Waals surface area (Å²) >= 11 is 1.62. The van der Waals surface area contributed by atoms with Gasteiger partial charge in [-0.25, -0.2) is 15.0 Å². The van der Waals surface area contributed by atoms with E-state index >= 15 is 0 Å². The fourth-order valence-electron chi connectivity index (χ4n) is 2.32. The molecule has 0 atom stereocenters. The first-order valence-corrected chi connectivity index (χ1v) is 8.10. The molecule has 0 aliphatic heterocycles. The summed E-state index contributed by atoms with van der Waals surface area (Å²) < 4.78 is 5.85. The molecular weight excluding hydrogens is 306 g/mol. The van der Waals surface area contributed by atoms with E-state index in [1.807, 2.05) is 47.8 Å². The number of fused-ring (bicyclic) bond motifs is 1. The molecule has 0 fully saturated rings. The maximum atomic E-state index is 5.85. The molecule has 0 N–H and O–H groups in total. The molecule has 112 valence electrons. The van der Waals surface area contributed by atoms with E-state index in [4.69, 9.17) is 4.74 Å². The predicted molar refractivity (Wildman–Crippen MR) is 91.4 cm³/mol. The van der Waals surface area contributed by atoms with Crippen LogP contribution in [-0.2, 0) is 6.61 Å². The van der Waals surface area contributed by atoms with E-state index in [1.54, 1.807) is 11.3 Å². The third-order valence-electron chi connectivity index (χ3n) is 3.44. The Balaban J connectivity index is 1.54. The topological polar surface area (TPSA) is 47.9 Å². The first kappa shape index (κ1) is 13.8. The molecule has 0 aliphatic carbocycles. The molecule has 23 heavy (non-hydrogen) atoms. The van der Waals surface area contributed by atoms with Crippen molar-refractivity contribution in [1.29, 1.82) is 0 Å². The number of benzene rings is 2. The van der Waals surface area contributed by atoms with Gasteiger partial charge in [0, 0.05) is 10.9 Å². The minimum Gasteiger partial charge on any atom is -0.471 e. The standard InChI is InChI=1S/C18H13N3OS/c1-2-6-13(7-3-1)18-21-14(11-23-18)10-22-17-15-8-4-5-9-16(15)19-12-20-17/h1-9,11-12H,10H2. The minimum atomic E-state index is 0.393. The molecule has 0 aliphatic rings. The summed E-state index contributed by atoms with van der Waals surface area (Å²) in [7, 11) is 0. The summed E-state index contributed by atoms with van der Waals surface area (Å²) in [4.78, 5) is 13.1. The van der Waals surface area contributed by atoms with Crippen molar-refractivity contribution in [2.24, 2.45) is 0 Å². The van der Waals surface area contributed by atoms with Gasteiger partial charge < -0.3 is 4.74 Å². The minimum absolute atomic E-state index is 0.393. The van der Waals surface area contributed by atoms with Gasteiger partial charge in [0.2, 0.25) is 5.88 Å². The van der Waals surface area contributed by atoms with Crippen LogP contribution >= 0.6 is 11.3 Å². The van der Waals surface area contributed by atoms with Gasteiger partial charge in [0.05, 0.1) is 16.6 Å². The van der Waals surface area contributed by atoms with Gasteiger partial charge in [-0.1, -0.05) is 42.5 Å². The Hall–Kier alpha value is -2.79. The summed E-state index contributed by atoms with van der Waals surface area (Å²) in [5, 5.41) is 3.93. The monoisotopic (exact) mass is 319 g/mol. The molecule has 0 bridgehead atoms. The quantitative estimate of drug-likeness (QED) is 0.561. The van der Waals surface area contributed by atoms with Crippen LogP contribution in [0, 0.1) is 0 Å². The van der Waals surface area contributed by atoms with Gasteiger partial charge in [-0.2, -0.15) is 0 Å². The highest BCUT2D eigenvalue weighted by Crippen LogP contribution is 2.25. The highest BCUT2D eigenvalue weighted by atomic mass is 32.1. The van der Waals surface area contributed by atoms with E-state index in [-0.39, 0.29) is 0 Å². The highest BCUT2D eigenvalue weighted by Gasteiger charge is 2.07. The van der Waals surface area contributed by atoms with Crippen molar-refractivity contribution in [1.82, 2.24) is 15.0 Å². The average Bonchev–Trinajstić information content (AvgIpc) is 3.10. The lowest BCUT2D eigenvalue weighted by Crippen LogP contribution is -1.99. The third kappa shape index (κ3) is 2.91. The zero-order chi connectivity index (χ0) is 15.5. The lowest BCUT2D eigenvalue weighted by Gasteiger charge is -2.05. The van der Waals surface area contributed by atoms with Crippen molar-refractivity contribution in [2.45, 2.75) is 6.61 Å². The van der Waals surface area contributed by atoms with Crippen LogP contribution in [0.25, 0.3) is 21.5 Å². The lowest BCUT2D eigenvalue weighted by atomic mass is 10.2. The van der Waals surface area contributed by atoms with Crippen LogP contribution in [0.15, 0.2) is 66.3 Å². The van der Waals surface area contributed by atoms with Gasteiger partial charge in [0.25, 0.3) is 0 Å². The van der Waals surface area contributed by atoms with Crippen molar-refractivity contribution in [3.8, 4) is 16.5 Å². The molecule has 4 aromatic rings. The van der Waals surface area contributed by atoms with Gasteiger partial charge >= 0.3 is 0 Å². The molecule has 4 rings (SSSR count).